The fourth-order valence-electron chi connectivity index (χ4n) is 2.97. The number of nitrogen functional groups attached to an aromatic ring is 1. The Morgan fingerprint density at radius 2 is 1.69 bits per heavy atom. The number of H-pyrrole nitrogens is 1. The Labute approximate surface area is 154 Å². The second kappa shape index (κ2) is 6.92. The number of aromatic nitrogens is 1. The number of nitrogens with two attached hydrogens (primary N) is 1. The van der Waals surface area contributed by atoms with Crippen LogP contribution in [0, 0.1) is 18.6 Å². The molecule has 3 rings (SSSR count). The first-order valence-electron chi connectivity index (χ1n) is 8.02. The van der Waals surface area contributed by atoms with E-state index in [-0.39, 0.29) is 17.0 Å². The SMILES string of the molecule is Cc1cc(C(C)c2c(F)cc(N)cc2F)[nH]c1C(=O)c1ccc(Cl)cc1. The van der Waals surface area contributed by atoms with E-state index < -0.39 is 17.6 Å². The van der Waals surface area contributed by atoms with Crippen molar-refractivity contribution in [2.75, 3.05) is 5.73 Å². The quantitative estimate of drug-likeness (QED) is 0.486. The average Bonchev–Trinajstić information content (AvgIpc) is 2.95. The second-order valence-electron chi connectivity index (χ2n) is 6.24. The number of nitrogens with one attached hydrogen (secondary N) is 1. The number of carbonyl (C=O) groups excluding carboxylic acids is 1. The van der Waals surface area contributed by atoms with E-state index in [2.05, 4.69) is 4.98 Å². The molecule has 0 aliphatic rings. The Kier molecular flexibility index (Phi) is 4.83. The van der Waals surface area contributed by atoms with Gasteiger partial charge in [0.1, 0.15) is 11.6 Å². The molecule has 3 nitrogen and oxygen atoms in total. The standard InChI is InChI=1S/C20H17ClF2N2O/c1-10-7-17(11(2)18-15(22)8-14(24)9-16(18)23)25-19(10)20(26)12-3-5-13(21)6-4-12/h3-9,11,25H,24H2,1-2H3. The van der Waals surface area contributed by atoms with Crippen LogP contribution in [0.25, 0.3) is 0 Å². The van der Waals surface area contributed by atoms with Gasteiger partial charge in [-0.2, -0.15) is 0 Å². The van der Waals surface area contributed by atoms with Gasteiger partial charge in [-0.3, -0.25) is 4.79 Å². The van der Waals surface area contributed by atoms with Gasteiger partial charge in [0.25, 0.3) is 0 Å². The Balaban J connectivity index is 1.98. The molecule has 3 aromatic rings. The number of carbonyl (C=O) groups is 1. The molecule has 0 aliphatic carbocycles. The summed E-state index contributed by atoms with van der Waals surface area (Å²) in [7, 11) is 0. The first kappa shape index (κ1) is 18.1. The maximum Gasteiger partial charge on any atom is 0.209 e. The molecule has 0 bridgehead atoms. The lowest BCUT2D eigenvalue weighted by molar-refractivity contribution is 0.103. The number of anilines is 1. The van der Waals surface area contributed by atoms with E-state index in [1.165, 1.54) is 0 Å². The minimum atomic E-state index is -0.715. The maximum absolute atomic E-state index is 14.2. The Hall–Kier alpha value is -2.66. The zero-order valence-corrected chi connectivity index (χ0v) is 15.0. The largest absolute Gasteiger partial charge is 0.399 e. The summed E-state index contributed by atoms with van der Waals surface area (Å²) in [4.78, 5) is 15.7. The Bertz CT molecular complexity index is 957. The van der Waals surface area contributed by atoms with Gasteiger partial charge in [0.2, 0.25) is 5.78 Å². The fourth-order valence-corrected chi connectivity index (χ4v) is 3.10. The summed E-state index contributed by atoms with van der Waals surface area (Å²) in [6.07, 6.45) is 0. The molecule has 0 saturated carbocycles. The van der Waals surface area contributed by atoms with Crippen LogP contribution in [0.3, 0.4) is 0 Å². The highest BCUT2D eigenvalue weighted by Gasteiger charge is 2.23. The summed E-state index contributed by atoms with van der Waals surface area (Å²) in [5, 5.41) is 0.536. The summed E-state index contributed by atoms with van der Waals surface area (Å²) in [5.41, 5.74) is 7.50. The van der Waals surface area contributed by atoms with Gasteiger partial charge in [-0.25, -0.2) is 8.78 Å². The van der Waals surface area contributed by atoms with E-state index in [4.69, 9.17) is 17.3 Å². The summed E-state index contributed by atoms with van der Waals surface area (Å²) < 4.78 is 28.4. The first-order chi connectivity index (χ1) is 12.3. The third-order valence-corrected chi connectivity index (χ3v) is 4.62. The predicted octanol–water partition coefficient (Wildman–Crippen LogP) is 5.22. The topological polar surface area (TPSA) is 58.9 Å². The van der Waals surface area contributed by atoms with Gasteiger partial charge in [0.05, 0.1) is 5.69 Å². The molecule has 1 heterocycles. The molecule has 6 heteroatoms. The number of aromatic amines is 1. The normalized spacial score (nSPS) is 12.2. The van der Waals surface area contributed by atoms with Crippen LogP contribution in [0.5, 0.6) is 0 Å². The lowest BCUT2D eigenvalue weighted by Crippen LogP contribution is -2.07. The number of halogens is 3. The van der Waals surface area contributed by atoms with Gasteiger partial charge in [0, 0.05) is 33.4 Å². The highest BCUT2D eigenvalue weighted by atomic mass is 35.5. The van der Waals surface area contributed by atoms with Crippen LogP contribution in [-0.4, -0.2) is 10.8 Å². The van der Waals surface area contributed by atoms with Crippen molar-refractivity contribution >= 4 is 23.1 Å². The van der Waals surface area contributed by atoms with Crippen molar-refractivity contribution in [2.45, 2.75) is 19.8 Å². The average molecular weight is 375 g/mol. The van der Waals surface area contributed by atoms with Gasteiger partial charge in [-0.1, -0.05) is 18.5 Å². The van der Waals surface area contributed by atoms with Crippen molar-refractivity contribution < 1.29 is 13.6 Å². The molecule has 1 unspecified atom stereocenters. The van der Waals surface area contributed by atoms with Gasteiger partial charge in [0.15, 0.2) is 0 Å². The fraction of sp³-hybridized carbons (Fsp3) is 0.150. The van der Waals surface area contributed by atoms with Crippen LogP contribution in [0.2, 0.25) is 5.02 Å². The number of rotatable bonds is 4. The van der Waals surface area contributed by atoms with Crippen molar-refractivity contribution in [1.29, 1.82) is 0 Å². The molecule has 3 N–H and O–H groups in total. The van der Waals surface area contributed by atoms with Gasteiger partial charge < -0.3 is 10.7 Å². The first-order valence-corrected chi connectivity index (χ1v) is 8.40. The van der Waals surface area contributed by atoms with Gasteiger partial charge in [-0.15, -0.1) is 0 Å². The van der Waals surface area contributed by atoms with Crippen molar-refractivity contribution in [2.24, 2.45) is 0 Å². The Morgan fingerprint density at radius 1 is 1.12 bits per heavy atom. The maximum atomic E-state index is 14.2. The molecule has 0 saturated heterocycles. The van der Waals surface area contributed by atoms with Crippen LogP contribution in [0.4, 0.5) is 14.5 Å². The number of hydrogen-bond donors (Lipinski definition) is 2. The summed E-state index contributed by atoms with van der Waals surface area (Å²) >= 11 is 5.85. The number of benzene rings is 2. The zero-order valence-electron chi connectivity index (χ0n) is 14.2. The second-order valence-corrected chi connectivity index (χ2v) is 6.68. The number of ketones is 1. The Morgan fingerprint density at radius 3 is 2.27 bits per heavy atom. The molecule has 2 aromatic carbocycles. The molecule has 1 atom stereocenters. The third-order valence-electron chi connectivity index (χ3n) is 4.37. The number of aryl methyl sites for hydroxylation is 1. The van der Waals surface area contributed by atoms with Crippen LogP contribution < -0.4 is 5.73 Å². The lowest BCUT2D eigenvalue weighted by Gasteiger charge is -2.13. The van der Waals surface area contributed by atoms with Crippen LogP contribution in [0.15, 0.2) is 42.5 Å². The molecule has 0 aliphatic heterocycles. The highest BCUT2D eigenvalue weighted by molar-refractivity contribution is 6.30. The summed E-state index contributed by atoms with van der Waals surface area (Å²) in [6, 6.07) is 10.4. The van der Waals surface area contributed by atoms with E-state index in [1.807, 2.05) is 0 Å². The van der Waals surface area contributed by atoms with E-state index in [9.17, 15) is 13.6 Å². The van der Waals surface area contributed by atoms with E-state index >= 15 is 0 Å². The molecule has 134 valence electrons. The van der Waals surface area contributed by atoms with Crippen molar-refractivity contribution in [3.63, 3.8) is 0 Å². The van der Waals surface area contributed by atoms with Gasteiger partial charge in [-0.05, 0) is 55.0 Å². The minimum Gasteiger partial charge on any atom is -0.399 e. The van der Waals surface area contributed by atoms with Crippen LogP contribution in [0.1, 0.15) is 45.7 Å². The lowest BCUT2D eigenvalue weighted by atomic mass is 9.96. The summed E-state index contributed by atoms with van der Waals surface area (Å²) in [6.45, 7) is 3.44. The minimum absolute atomic E-state index is 0.0252. The molecule has 0 amide bonds. The number of hydrogen-bond acceptors (Lipinski definition) is 2. The molecular weight excluding hydrogens is 358 g/mol. The van der Waals surface area contributed by atoms with E-state index in [1.54, 1.807) is 44.2 Å². The van der Waals surface area contributed by atoms with Crippen LogP contribution in [-0.2, 0) is 0 Å². The molecule has 0 fully saturated rings. The zero-order chi connectivity index (χ0) is 19.0. The monoisotopic (exact) mass is 374 g/mol. The third kappa shape index (κ3) is 3.35. The summed E-state index contributed by atoms with van der Waals surface area (Å²) in [5.74, 6) is -2.25. The van der Waals surface area contributed by atoms with E-state index in [0.29, 0.717) is 27.5 Å². The predicted molar refractivity (Wildman–Crippen MR) is 98.7 cm³/mol. The molecule has 0 radical (unpaired) electrons. The van der Waals surface area contributed by atoms with Crippen molar-refractivity contribution in [3.8, 4) is 0 Å². The molecule has 26 heavy (non-hydrogen) atoms. The molecule has 0 spiro atoms. The highest BCUT2D eigenvalue weighted by Crippen LogP contribution is 2.31. The van der Waals surface area contributed by atoms with Crippen LogP contribution >= 0.6 is 11.6 Å². The van der Waals surface area contributed by atoms with Gasteiger partial charge >= 0.3 is 0 Å². The smallest absolute Gasteiger partial charge is 0.209 e. The van der Waals surface area contributed by atoms with Crippen molar-refractivity contribution in [3.05, 3.63) is 87.2 Å². The molecule has 1 aromatic heterocycles. The molecular formula is C20H17ClF2N2O. The van der Waals surface area contributed by atoms with E-state index in [0.717, 1.165) is 12.1 Å². The van der Waals surface area contributed by atoms with Crippen molar-refractivity contribution in [1.82, 2.24) is 4.98 Å².